The second-order valence-corrected chi connectivity index (χ2v) is 9.77. The molecule has 0 radical (unpaired) electrons. The van der Waals surface area contributed by atoms with Crippen molar-refractivity contribution < 1.29 is 24.2 Å². The molecule has 6 rings (SSSR count). The summed E-state index contributed by atoms with van der Waals surface area (Å²) < 4.78 is 10.7. The van der Waals surface area contributed by atoms with Gasteiger partial charge in [0, 0.05) is 29.5 Å². The van der Waals surface area contributed by atoms with E-state index in [0.717, 1.165) is 11.1 Å². The van der Waals surface area contributed by atoms with E-state index in [2.05, 4.69) is 11.8 Å². The quantitative estimate of drug-likeness (QED) is 0.695. The van der Waals surface area contributed by atoms with Gasteiger partial charge in [-0.05, 0) is 48.7 Å². The summed E-state index contributed by atoms with van der Waals surface area (Å²) in [6.07, 6.45) is 4.93. The molecule has 1 N–H and O–H groups in total. The van der Waals surface area contributed by atoms with Gasteiger partial charge >= 0.3 is 0 Å². The number of benzene rings is 2. The van der Waals surface area contributed by atoms with Gasteiger partial charge < -0.3 is 24.4 Å². The Morgan fingerprint density at radius 1 is 1.06 bits per heavy atom. The second-order valence-electron chi connectivity index (χ2n) is 9.77. The zero-order valence-electron chi connectivity index (χ0n) is 19.5. The van der Waals surface area contributed by atoms with Gasteiger partial charge in [0.05, 0.1) is 18.7 Å². The van der Waals surface area contributed by atoms with Crippen LogP contribution in [0.25, 0.3) is 0 Å². The van der Waals surface area contributed by atoms with Crippen molar-refractivity contribution in [2.75, 3.05) is 26.5 Å². The van der Waals surface area contributed by atoms with Crippen LogP contribution in [0.1, 0.15) is 53.1 Å². The molecule has 7 nitrogen and oxygen atoms in total. The van der Waals surface area contributed by atoms with Crippen molar-refractivity contribution in [1.29, 1.82) is 0 Å². The molecule has 0 spiro atoms. The molecule has 0 aromatic heterocycles. The third-order valence-electron chi connectivity index (χ3n) is 7.73. The summed E-state index contributed by atoms with van der Waals surface area (Å²) in [5, 5.41) is 10.1. The number of hydrogen-bond donors (Lipinski definition) is 1. The number of nitrogens with zero attached hydrogens (tertiary/aromatic N) is 2. The molecule has 2 amide bonds. The van der Waals surface area contributed by atoms with Crippen LogP contribution in [0.15, 0.2) is 42.5 Å². The van der Waals surface area contributed by atoms with Crippen LogP contribution in [0, 0.1) is 17.8 Å². The highest BCUT2D eigenvalue weighted by atomic mass is 16.7. The Morgan fingerprint density at radius 2 is 1.83 bits per heavy atom. The Labute approximate surface area is 204 Å². The minimum atomic E-state index is -0.272. The number of carbonyl (C=O) groups is 2. The number of fused-ring (bicyclic) bond motifs is 2. The zero-order valence-corrected chi connectivity index (χ0v) is 19.5. The number of hydrogen-bond acceptors (Lipinski definition) is 5. The van der Waals surface area contributed by atoms with Crippen LogP contribution in [0.3, 0.4) is 0 Å². The molecular weight excluding hydrogens is 444 g/mol. The lowest BCUT2D eigenvalue weighted by molar-refractivity contribution is -0.159. The number of rotatable bonds is 3. The van der Waals surface area contributed by atoms with Crippen molar-refractivity contribution in [2.24, 2.45) is 5.92 Å². The third-order valence-corrected chi connectivity index (χ3v) is 7.73. The summed E-state index contributed by atoms with van der Waals surface area (Å²) in [5.41, 5.74) is 2.51. The minimum Gasteiger partial charge on any atom is -0.454 e. The molecule has 2 aromatic carbocycles. The summed E-state index contributed by atoms with van der Waals surface area (Å²) in [7, 11) is 0. The molecule has 4 aliphatic rings. The van der Waals surface area contributed by atoms with E-state index in [1.807, 2.05) is 24.3 Å². The Kier molecular flexibility index (Phi) is 5.62. The third kappa shape index (κ3) is 3.92. The molecule has 35 heavy (non-hydrogen) atoms. The largest absolute Gasteiger partial charge is 0.454 e. The van der Waals surface area contributed by atoms with Crippen LogP contribution >= 0.6 is 0 Å². The Hall–Kier alpha value is -3.50. The number of amides is 2. The van der Waals surface area contributed by atoms with E-state index in [1.165, 1.54) is 25.7 Å². The lowest BCUT2D eigenvalue weighted by Crippen LogP contribution is -2.73. The van der Waals surface area contributed by atoms with Gasteiger partial charge in [-0.25, -0.2) is 0 Å². The summed E-state index contributed by atoms with van der Waals surface area (Å²) in [6, 6.07) is 12.8. The number of aliphatic hydroxyl groups excluding tert-OH is 1. The molecule has 2 saturated heterocycles. The highest BCUT2D eigenvalue weighted by Crippen LogP contribution is 2.43. The van der Waals surface area contributed by atoms with Crippen molar-refractivity contribution in [3.63, 3.8) is 0 Å². The fraction of sp³-hybridized carbons (Fsp3) is 0.429. The molecule has 3 fully saturated rings. The molecule has 0 unspecified atom stereocenters. The molecule has 1 saturated carbocycles. The average Bonchev–Trinajstić information content (AvgIpc) is 3.56. The highest BCUT2D eigenvalue weighted by molar-refractivity contribution is 5.98. The average molecular weight is 473 g/mol. The predicted octanol–water partition coefficient (Wildman–Crippen LogP) is 2.77. The standard InChI is InChI=1S/C28H28N2O5/c31-16-23-27(20-9-7-19(8-10-20)6-5-18-3-1-2-4-18)22-14-29(15-26(32)30(22)23)28(33)21-11-12-24-25(13-21)35-17-34-24/h7-13,18,22-23,27,31H,1-4,14-17H2/t22-,23+,27+/m0/s1. The predicted molar refractivity (Wildman–Crippen MR) is 128 cm³/mol. The molecule has 3 heterocycles. The van der Waals surface area contributed by atoms with Gasteiger partial charge in [-0.15, -0.1) is 0 Å². The van der Waals surface area contributed by atoms with Crippen LogP contribution in [0.5, 0.6) is 11.5 Å². The first-order valence-corrected chi connectivity index (χ1v) is 12.3. The molecule has 3 atom stereocenters. The topological polar surface area (TPSA) is 79.3 Å². The first-order chi connectivity index (χ1) is 17.1. The molecule has 2 aromatic rings. The van der Waals surface area contributed by atoms with Crippen LogP contribution in [0.2, 0.25) is 0 Å². The summed E-state index contributed by atoms with van der Waals surface area (Å²) in [6.45, 7) is 0.458. The van der Waals surface area contributed by atoms with E-state index in [1.54, 1.807) is 28.0 Å². The number of carbonyl (C=O) groups excluding carboxylic acids is 2. The molecule has 0 bridgehead atoms. The first kappa shape index (κ1) is 22.0. The molecule has 3 aliphatic heterocycles. The maximum Gasteiger partial charge on any atom is 0.254 e. The van der Waals surface area contributed by atoms with E-state index in [4.69, 9.17) is 9.47 Å². The Balaban J connectivity index is 1.19. The van der Waals surface area contributed by atoms with Crippen molar-refractivity contribution in [3.8, 4) is 23.3 Å². The molecule has 1 aliphatic carbocycles. The zero-order chi connectivity index (χ0) is 23.9. The van der Waals surface area contributed by atoms with E-state index in [9.17, 15) is 14.7 Å². The fourth-order valence-electron chi connectivity index (χ4n) is 5.91. The van der Waals surface area contributed by atoms with Gasteiger partial charge in [-0.3, -0.25) is 9.59 Å². The van der Waals surface area contributed by atoms with Crippen LogP contribution in [0.4, 0.5) is 0 Å². The van der Waals surface area contributed by atoms with Crippen LogP contribution in [-0.2, 0) is 4.79 Å². The molecule has 180 valence electrons. The summed E-state index contributed by atoms with van der Waals surface area (Å²) in [5.74, 6) is 7.98. The lowest BCUT2D eigenvalue weighted by Gasteiger charge is -2.58. The smallest absolute Gasteiger partial charge is 0.254 e. The number of ether oxygens (including phenoxy) is 2. The maximum atomic E-state index is 13.2. The van der Waals surface area contributed by atoms with E-state index < -0.39 is 0 Å². The van der Waals surface area contributed by atoms with Crippen molar-refractivity contribution >= 4 is 11.8 Å². The van der Waals surface area contributed by atoms with Gasteiger partial charge in [0.1, 0.15) is 6.54 Å². The molecular formula is C28H28N2O5. The Morgan fingerprint density at radius 3 is 2.60 bits per heavy atom. The van der Waals surface area contributed by atoms with Gasteiger partial charge in [0.25, 0.3) is 5.91 Å². The SMILES string of the molecule is O=C(c1ccc2c(c1)OCO2)N1CC(=O)N2[C@H](CO)[C@H](c3ccc(C#CC4CCCC4)cc3)[C@@H]2C1. The number of aliphatic hydroxyl groups is 1. The van der Waals surface area contributed by atoms with Gasteiger partial charge in [-0.2, -0.15) is 0 Å². The summed E-state index contributed by atoms with van der Waals surface area (Å²) in [4.78, 5) is 29.5. The van der Waals surface area contributed by atoms with E-state index in [0.29, 0.717) is 29.5 Å². The van der Waals surface area contributed by atoms with Crippen LogP contribution < -0.4 is 9.47 Å². The monoisotopic (exact) mass is 472 g/mol. The maximum absolute atomic E-state index is 13.2. The summed E-state index contributed by atoms with van der Waals surface area (Å²) >= 11 is 0. The van der Waals surface area contributed by atoms with E-state index in [-0.39, 0.29) is 49.8 Å². The fourth-order valence-corrected chi connectivity index (χ4v) is 5.91. The van der Waals surface area contributed by atoms with Gasteiger partial charge in [0.2, 0.25) is 12.7 Å². The minimum absolute atomic E-state index is 0.00267. The lowest BCUT2D eigenvalue weighted by atomic mass is 9.73. The Bertz CT molecular complexity index is 1210. The van der Waals surface area contributed by atoms with Gasteiger partial charge in [-0.1, -0.05) is 36.8 Å². The van der Waals surface area contributed by atoms with Crippen molar-refractivity contribution in [1.82, 2.24) is 9.80 Å². The first-order valence-electron chi connectivity index (χ1n) is 12.3. The van der Waals surface area contributed by atoms with Crippen molar-refractivity contribution in [2.45, 2.75) is 43.7 Å². The van der Waals surface area contributed by atoms with Crippen molar-refractivity contribution in [3.05, 3.63) is 59.2 Å². The highest BCUT2D eigenvalue weighted by Gasteiger charge is 2.54. The van der Waals surface area contributed by atoms with E-state index >= 15 is 0 Å². The number of piperazine rings is 1. The second kappa shape index (κ2) is 8.94. The molecule has 7 heteroatoms. The van der Waals surface area contributed by atoms with Crippen LogP contribution in [-0.4, -0.2) is 65.3 Å². The van der Waals surface area contributed by atoms with Gasteiger partial charge in [0.15, 0.2) is 11.5 Å². The normalized spacial score (nSPS) is 25.1.